The van der Waals surface area contributed by atoms with Gasteiger partial charge in [0.15, 0.2) is 11.6 Å². The number of nitrogens with one attached hydrogen (secondary N) is 2. The van der Waals surface area contributed by atoms with Crippen LogP contribution in [0.3, 0.4) is 0 Å². The van der Waals surface area contributed by atoms with Gasteiger partial charge in [-0.3, -0.25) is 0 Å². The molecule has 4 nitrogen and oxygen atoms in total. The smallest absolute Gasteiger partial charge is 0.315 e. The molecular formula is C18H16F2N2O2. The summed E-state index contributed by atoms with van der Waals surface area (Å²) >= 11 is 0. The van der Waals surface area contributed by atoms with Gasteiger partial charge < -0.3 is 15.4 Å². The molecule has 0 bridgehead atoms. The lowest BCUT2D eigenvalue weighted by Crippen LogP contribution is -2.35. The molecule has 0 aliphatic rings. The summed E-state index contributed by atoms with van der Waals surface area (Å²) < 4.78 is 31.1. The molecular weight excluding hydrogens is 314 g/mol. The first-order valence-electron chi connectivity index (χ1n) is 7.24. The number of carbonyl (C=O) groups is 1. The zero-order valence-corrected chi connectivity index (χ0v) is 12.8. The second-order valence-electron chi connectivity index (χ2n) is 4.74. The van der Waals surface area contributed by atoms with Gasteiger partial charge >= 0.3 is 6.03 Å². The zero-order valence-electron chi connectivity index (χ0n) is 12.8. The monoisotopic (exact) mass is 330 g/mol. The van der Waals surface area contributed by atoms with E-state index < -0.39 is 5.82 Å². The molecule has 124 valence electrons. The summed E-state index contributed by atoms with van der Waals surface area (Å²) in [5.41, 5.74) is 0.788. The summed E-state index contributed by atoms with van der Waals surface area (Å²) in [6.07, 6.45) is 0. The number of hydrogen-bond donors (Lipinski definition) is 2. The number of hydrogen-bond acceptors (Lipinski definition) is 2. The average molecular weight is 330 g/mol. The number of carbonyl (C=O) groups excluding carboxylic acids is 1. The minimum Gasteiger partial charge on any atom is -0.478 e. The molecule has 6 heteroatoms. The van der Waals surface area contributed by atoms with Gasteiger partial charge in [-0.25, -0.2) is 13.6 Å². The molecule has 2 rings (SSSR count). The Balaban J connectivity index is 1.62. The van der Waals surface area contributed by atoms with Gasteiger partial charge in [0.05, 0.1) is 6.54 Å². The van der Waals surface area contributed by atoms with E-state index >= 15 is 0 Å². The van der Waals surface area contributed by atoms with Crippen LogP contribution >= 0.6 is 0 Å². The normalized spacial score (nSPS) is 9.58. The Bertz CT molecular complexity index is 737. The van der Waals surface area contributed by atoms with Crippen molar-refractivity contribution in [2.45, 2.75) is 6.54 Å². The molecule has 0 spiro atoms. The van der Waals surface area contributed by atoms with Crippen LogP contribution in [-0.4, -0.2) is 19.2 Å². The van der Waals surface area contributed by atoms with E-state index in [1.807, 2.05) is 0 Å². The van der Waals surface area contributed by atoms with Gasteiger partial charge in [-0.05, 0) is 29.8 Å². The predicted molar refractivity (Wildman–Crippen MR) is 86.3 cm³/mol. The van der Waals surface area contributed by atoms with E-state index in [4.69, 9.17) is 4.74 Å². The average Bonchev–Trinajstić information content (AvgIpc) is 2.59. The van der Waals surface area contributed by atoms with Gasteiger partial charge in [0.1, 0.15) is 12.4 Å². The van der Waals surface area contributed by atoms with Gasteiger partial charge in [0.25, 0.3) is 0 Å². The molecule has 0 saturated heterocycles. The molecule has 0 saturated carbocycles. The van der Waals surface area contributed by atoms with Gasteiger partial charge in [-0.2, -0.15) is 0 Å². The number of halogens is 2. The summed E-state index contributed by atoms with van der Waals surface area (Å²) in [5, 5.41) is 5.17. The second kappa shape index (κ2) is 9.16. The Morgan fingerprint density at radius 1 is 1.00 bits per heavy atom. The quantitative estimate of drug-likeness (QED) is 0.828. The molecule has 0 unspecified atom stereocenters. The topological polar surface area (TPSA) is 50.4 Å². The number of benzene rings is 2. The highest BCUT2D eigenvalue weighted by atomic mass is 19.1. The van der Waals surface area contributed by atoms with Crippen LogP contribution in [0.1, 0.15) is 5.56 Å². The summed E-state index contributed by atoms with van der Waals surface area (Å²) in [6.45, 7) is 0.450. The molecule has 0 aliphatic carbocycles. The molecule has 0 aliphatic heterocycles. The van der Waals surface area contributed by atoms with E-state index in [1.165, 1.54) is 24.3 Å². The van der Waals surface area contributed by atoms with Crippen LogP contribution in [0.2, 0.25) is 0 Å². The van der Waals surface area contributed by atoms with Gasteiger partial charge in [0, 0.05) is 6.54 Å². The maximum atomic E-state index is 13.3. The van der Waals surface area contributed by atoms with Crippen molar-refractivity contribution in [2.24, 2.45) is 0 Å². The van der Waals surface area contributed by atoms with Gasteiger partial charge in [0.2, 0.25) is 0 Å². The van der Waals surface area contributed by atoms with E-state index in [1.54, 1.807) is 24.3 Å². The highest BCUT2D eigenvalue weighted by molar-refractivity contribution is 5.74. The Labute approximate surface area is 138 Å². The van der Waals surface area contributed by atoms with E-state index in [-0.39, 0.29) is 37.3 Å². The number of ether oxygens (including phenoxy) is 1. The van der Waals surface area contributed by atoms with Crippen molar-refractivity contribution in [1.29, 1.82) is 0 Å². The molecule has 0 fully saturated rings. The fraction of sp³-hybridized carbons (Fsp3) is 0.167. The molecule has 2 N–H and O–H groups in total. The Morgan fingerprint density at radius 3 is 2.50 bits per heavy atom. The van der Waals surface area contributed by atoms with Crippen LogP contribution in [-0.2, 0) is 6.54 Å². The Hall–Kier alpha value is -3.07. The first-order chi connectivity index (χ1) is 11.6. The van der Waals surface area contributed by atoms with Crippen molar-refractivity contribution in [3.05, 3.63) is 65.7 Å². The SMILES string of the molecule is O=C(NCC#CCOc1ccccc1F)NCc1ccc(F)cc1. The van der Waals surface area contributed by atoms with Crippen LogP contribution in [0, 0.1) is 23.5 Å². The van der Waals surface area contributed by atoms with Gasteiger partial charge in [-0.15, -0.1) is 0 Å². The Kier molecular flexibility index (Phi) is 6.59. The lowest BCUT2D eigenvalue weighted by atomic mass is 10.2. The first-order valence-corrected chi connectivity index (χ1v) is 7.24. The van der Waals surface area contributed by atoms with Gasteiger partial charge in [-0.1, -0.05) is 36.1 Å². The minimum absolute atomic E-state index is 0.0276. The fourth-order valence-electron chi connectivity index (χ4n) is 1.76. The molecule has 2 aromatic carbocycles. The summed E-state index contributed by atoms with van der Waals surface area (Å²) in [6, 6.07) is 11.5. The molecule has 0 aromatic heterocycles. The lowest BCUT2D eigenvalue weighted by molar-refractivity contribution is 0.241. The van der Waals surface area contributed by atoms with Crippen molar-refractivity contribution in [2.75, 3.05) is 13.2 Å². The van der Waals surface area contributed by atoms with Crippen LogP contribution in [0.4, 0.5) is 13.6 Å². The number of urea groups is 1. The highest BCUT2D eigenvalue weighted by Gasteiger charge is 2.00. The van der Waals surface area contributed by atoms with Crippen LogP contribution in [0.5, 0.6) is 5.75 Å². The molecule has 0 heterocycles. The van der Waals surface area contributed by atoms with Crippen LogP contribution in [0.15, 0.2) is 48.5 Å². The standard InChI is InChI=1S/C18H16F2N2O2/c19-15-9-7-14(8-10-15)13-22-18(23)21-11-3-4-12-24-17-6-2-1-5-16(17)20/h1-2,5-10H,11-13H2,(H2,21,22,23). The predicted octanol–water partition coefficient (Wildman–Crippen LogP) is 2.85. The van der Waals surface area contributed by atoms with E-state index in [0.717, 1.165) is 5.56 Å². The summed E-state index contributed by atoms with van der Waals surface area (Å²) in [4.78, 5) is 11.5. The maximum absolute atomic E-state index is 13.3. The summed E-state index contributed by atoms with van der Waals surface area (Å²) in [7, 11) is 0. The first kappa shape index (κ1) is 17.3. The molecule has 0 atom stereocenters. The van der Waals surface area contributed by atoms with Crippen LogP contribution < -0.4 is 15.4 Å². The third-order valence-corrected chi connectivity index (χ3v) is 2.97. The van der Waals surface area contributed by atoms with Crippen molar-refractivity contribution < 1.29 is 18.3 Å². The Morgan fingerprint density at radius 2 is 1.75 bits per heavy atom. The molecule has 2 aromatic rings. The number of amides is 2. The minimum atomic E-state index is -0.447. The second-order valence-corrected chi connectivity index (χ2v) is 4.74. The lowest BCUT2D eigenvalue weighted by Gasteiger charge is -2.05. The third-order valence-electron chi connectivity index (χ3n) is 2.97. The summed E-state index contributed by atoms with van der Waals surface area (Å²) in [5.74, 6) is 4.73. The van der Waals surface area contributed by atoms with E-state index in [0.29, 0.717) is 0 Å². The molecule has 24 heavy (non-hydrogen) atoms. The largest absolute Gasteiger partial charge is 0.478 e. The van der Waals surface area contributed by atoms with Crippen molar-refractivity contribution >= 4 is 6.03 Å². The van der Waals surface area contributed by atoms with E-state index in [9.17, 15) is 13.6 Å². The molecule has 0 radical (unpaired) electrons. The van der Waals surface area contributed by atoms with Crippen molar-refractivity contribution in [1.82, 2.24) is 10.6 Å². The van der Waals surface area contributed by atoms with E-state index in [2.05, 4.69) is 22.5 Å². The highest BCUT2D eigenvalue weighted by Crippen LogP contribution is 2.14. The number of para-hydroxylation sites is 1. The molecule has 2 amide bonds. The van der Waals surface area contributed by atoms with Crippen LogP contribution in [0.25, 0.3) is 0 Å². The third kappa shape index (κ3) is 5.97. The number of rotatable bonds is 5. The van der Waals surface area contributed by atoms with Crippen molar-refractivity contribution in [3.63, 3.8) is 0 Å². The maximum Gasteiger partial charge on any atom is 0.315 e. The van der Waals surface area contributed by atoms with Crippen molar-refractivity contribution in [3.8, 4) is 17.6 Å². The fourth-order valence-corrected chi connectivity index (χ4v) is 1.76. The zero-order chi connectivity index (χ0) is 17.2.